The zero-order chi connectivity index (χ0) is 13.5. The van der Waals surface area contributed by atoms with E-state index in [0.717, 1.165) is 0 Å². The molecule has 1 amide bonds. The molecular weight excluding hydrogens is 255 g/mol. The highest BCUT2D eigenvalue weighted by Gasteiger charge is 2.09. The number of hydrogen-bond donors (Lipinski definition) is 2. The minimum atomic E-state index is -1.21. The van der Waals surface area contributed by atoms with Crippen molar-refractivity contribution in [3.63, 3.8) is 0 Å². The van der Waals surface area contributed by atoms with Crippen LogP contribution >= 0.6 is 0 Å². The molecule has 0 fully saturated rings. The largest absolute Gasteiger partial charge is 0.328 e. The van der Waals surface area contributed by atoms with Gasteiger partial charge in [0.25, 0.3) is 0 Å². The summed E-state index contributed by atoms with van der Waals surface area (Å²) >= 11 is 0. The molecule has 0 radical (unpaired) electrons. The lowest BCUT2D eigenvalue weighted by Gasteiger charge is -2.06. The fourth-order valence-electron chi connectivity index (χ4n) is 1.27. The van der Waals surface area contributed by atoms with Crippen LogP contribution in [0.15, 0.2) is 24.3 Å². The number of amides is 1. The predicted molar refractivity (Wildman–Crippen MR) is 71.2 cm³/mol. The zero-order valence-electron chi connectivity index (χ0n) is 10.2. The summed E-state index contributed by atoms with van der Waals surface area (Å²) in [5.74, 6) is -0.364. The Morgan fingerprint density at radius 1 is 1.44 bits per heavy atom. The van der Waals surface area contributed by atoms with Crippen LogP contribution in [0, 0.1) is 5.82 Å². The quantitative estimate of drug-likeness (QED) is 0.818. The minimum Gasteiger partial charge on any atom is -0.328 e. The summed E-state index contributed by atoms with van der Waals surface area (Å²) in [6, 6.07) is 5.40. The van der Waals surface area contributed by atoms with Crippen molar-refractivity contribution in [3.8, 4) is 0 Å². The van der Waals surface area contributed by atoms with Crippen LogP contribution in [-0.2, 0) is 15.6 Å². The molecule has 0 aliphatic heterocycles. The monoisotopic (exact) mass is 272 g/mol. The summed E-state index contributed by atoms with van der Waals surface area (Å²) in [7, 11) is -1.21. The van der Waals surface area contributed by atoms with Gasteiger partial charge in [0.05, 0.1) is 0 Å². The van der Waals surface area contributed by atoms with Gasteiger partial charge in [-0.1, -0.05) is 0 Å². The number of rotatable bonds is 6. The topological polar surface area (TPSA) is 72.2 Å². The molecule has 2 unspecified atom stereocenters. The highest BCUT2D eigenvalue weighted by atomic mass is 32.2. The van der Waals surface area contributed by atoms with E-state index in [9.17, 15) is 13.4 Å². The van der Waals surface area contributed by atoms with Crippen molar-refractivity contribution < 1.29 is 13.4 Å². The van der Waals surface area contributed by atoms with Crippen molar-refractivity contribution in [1.82, 2.24) is 0 Å². The van der Waals surface area contributed by atoms with Gasteiger partial charge < -0.3 is 11.1 Å². The molecule has 0 aliphatic carbocycles. The summed E-state index contributed by atoms with van der Waals surface area (Å²) in [6.07, 6.45) is 0.621. The molecule has 6 heteroatoms. The second-order valence-corrected chi connectivity index (χ2v) is 5.69. The molecule has 1 aromatic rings. The minimum absolute atomic E-state index is 0.0193. The van der Waals surface area contributed by atoms with Crippen LogP contribution in [0.25, 0.3) is 0 Å². The molecule has 100 valence electrons. The number of anilines is 1. The van der Waals surface area contributed by atoms with Gasteiger partial charge in [-0.15, -0.1) is 0 Å². The molecule has 0 saturated heterocycles. The van der Waals surface area contributed by atoms with Crippen molar-refractivity contribution in [2.24, 2.45) is 5.73 Å². The summed E-state index contributed by atoms with van der Waals surface area (Å²) < 4.78 is 24.2. The number of halogens is 1. The number of hydrogen-bond acceptors (Lipinski definition) is 3. The van der Waals surface area contributed by atoms with Crippen LogP contribution in [0.5, 0.6) is 0 Å². The summed E-state index contributed by atoms with van der Waals surface area (Å²) in [6.45, 7) is 1.83. The predicted octanol–water partition coefficient (Wildman–Crippen LogP) is 1.25. The van der Waals surface area contributed by atoms with E-state index in [2.05, 4.69) is 5.32 Å². The molecule has 1 aromatic carbocycles. The van der Waals surface area contributed by atoms with Gasteiger partial charge in [-0.2, -0.15) is 0 Å². The van der Waals surface area contributed by atoms with Gasteiger partial charge in [0.1, 0.15) is 11.6 Å². The summed E-state index contributed by atoms with van der Waals surface area (Å²) in [5.41, 5.74) is 6.03. The molecule has 0 saturated carbocycles. The van der Waals surface area contributed by atoms with Crippen LogP contribution in [0.4, 0.5) is 10.1 Å². The first-order valence-corrected chi connectivity index (χ1v) is 7.12. The van der Waals surface area contributed by atoms with Gasteiger partial charge in [-0.25, -0.2) is 4.39 Å². The molecule has 0 aromatic heterocycles. The molecule has 1 rings (SSSR count). The van der Waals surface area contributed by atoms with E-state index < -0.39 is 10.8 Å². The number of benzene rings is 1. The van der Waals surface area contributed by atoms with E-state index in [1.165, 1.54) is 24.3 Å². The maximum Gasteiger partial charge on any atom is 0.236 e. The average molecular weight is 272 g/mol. The lowest BCUT2D eigenvalue weighted by Crippen LogP contribution is -2.23. The van der Waals surface area contributed by atoms with E-state index in [1.807, 2.05) is 6.92 Å². The lowest BCUT2D eigenvalue weighted by molar-refractivity contribution is -0.113. The average Bonchev–Trinajstić information content (AvgIpc) is 2.29. The maximum atomic E-state index is 12.6. The molecule has 0 bridgehead atoms. The first-order valence-electron chi connectivity index (χ1n) is 5.63. The van der Waals surface area contributed by atoms with Crippen molar-refractivity contribution in [3.05, 3.63) is 30.1 Å². The molecule has 3 N–H and O–H groups in total. The van der Waals surface area contributed by atoms with Gasteiger partial charge in [0.15, 0.2) is 0 Å². The van der Waals surface area contributed by atoms with Gasteiger partial charge in [-0.05, 0) is 37.6 Å². The number of nitrogens with one attached hydrogen (secondary N) is 1. The second-order valence-electron chi connectivity index (χ2n) is 4.11. The fraction of sp³-hybridized carbons (Fsp3) is 0.417. The molecule has 2 atom stereocenters. The van der Waals surface area contributed by atoms with Crippen molar-refractivity contribution in [2.45, 2.75) is 19.4 Å². The number of carbonyl (C=O) groups is 1. The smallest absolute Gasteiger partial charge is 0.236 e. The molecule has 0 heterocycles. The van der Waals surface area contributed by atoms with Crippen molar-refractivity contribution in [1.29, 1.82) is 0 Å². The van der Waals surface area contributed by atoms with Crippen molar-refractivity contribution >= 4 is 22.4 Å². The van der Waals surface area contributed by atoms with E-state index in [0.29, 0.717) is 17.9 Å². The molecule has 0 spiro atoms. The fourth-order valence-corrected chi connectivity index (χ4v) is 2.41. The van der Waals surface area contributed by atoms with Gasteiger partial charge in [0, 0.05) is 28.3 Å². The number of carbonyl (C=O) groups excluding carboxylic acids is 1. The Kier molecular flexibility index (Phi) is 5.94. The number of nitrogens with two attached hydrogens (primary N) is 1. The highest BCUT2D eigenvalue weighted by molar-refractivity contribution is 7.85. The first-order chi connectivity index (χ1) is 8.47. The Bertz CT molecular complexity index is 421. The third kappa shape index (κ3) is 5.88. The van der Waals surface area contributed by atoms with Gasteiger partial charge >= 0.3 is 0 Å². The maximum absolute atomic E-state index is 12.6. The van der Waals surface area contributed by atoms with Crippen LogP contribution in [-0.4, -0.2) is 27.7 Å². The normalized spacial score (nSPS) is 13.9. The Balaban J connectivity index is 2.37. The third-order valence-corrected chi connectivity index (χ3v) is 3.50. The lowest BCUT2D eigenvalue weighted by atomic mass is 10.3. The van der Waals surface area contributed by atoms with Gasteiger partial charge in [0.2, 0.25) is 5.91 Å². The van der Waals surface area contributed by atoms with E-state index in [1.54, 1.807) is 0 Å². The van der Waals surface area contributed by atoms with Gasteiger partial charge in [-0.3, -0.25) is 9.00 Å². The third-order valence-electron chi connectivity index (χ3n) is 2.22. The van der Waals surface area contributed by atoms with Crippen LogP contribution in [0.2, 0.25) is 0 Å². The standard InChI is InChI=1S/C12H17FN2O2S/c1-9(14)6-7-18(17)8-12(16)15-11-4-2-10(13)3-5-11/h2-5,9H,6-8,14H2,1H3,(H,15,16). The van der Waals surface area contributed by atoms with Crippen LogP contribution in [0.1, 0.15) is 13.3 Å². The molecule has 4 nitrogen and oxygen atoms in total. The Morgan fingerprint density at radius 3 is 2.61 bits per heavy atom. The van der Waals surface area contributed by atoms with Crippen molar-refractivity contribution in [2.75, 3.05) is 16.8 Å². The van der Waals surface area contributed by atoms with Crippen LogP contribution < -0.4 is 11.1 Å². The second kappa shape index (κ2) is 7.23. The van der Waals surface area contributed by atoms with E-state index >= 15 is 0 Å². The Labute approximate surface area is 108 Å². The molecule has 18 heavy (non-hydrogen) atoms. The summed E-state index contributed by atoms with van der Waals surface area (Å²) in [5, 5.41) is 2.56. The SMILES string of the molecule is CC(N)CCS(=O)CC(=O)Nc1ccc(F)cc1. The zero-order valence-corrected chi connectivity index (χ0v) is 11.0. The van der Waals surface area contributed by atoms with E-state index in [-0.39, 0.29) is 23.5 Å². The molecular formula is C12H17FN2O2S. The first kappa shape index (κ1) is 14.8. The molecule has 0 aliphatic rings. The summed E-state index contributed by atoms with van der Waals surface area (Å²) in [4.78, 5) is 11.5. The highest BCUT2D eigenvalue weighted by Crippen LogP contribution is 2.08. The Hall–Kier alpha value is -1.27. The van der Waals surface area contributed by atoms with Crippen LogP contribution in [0.3, 0.4) is 0 Å². The van der Waals surface area contributed by atoms with E-state index in [4.69, 9.17) is 5.73 Å². The Morgan fingerprint density at radius 2 is 2.06 bits per heavy atom.